The van der Waals surface area contributed by atoms with Gasteiger partial charge in [-0.25, -0.2) is 19.2 Å². The van der Waals surface area contributed by atoms with E-state index >= 15 is 0 Å². The van der Waals surface area contributed by atoms with E-state index in [2.05, 4.69) is 15.2 Å². The van der Waals surface area contributed by atoms with E-state index < -0.39 is 0 Å². The summed E-state index contributed by atoms with van der Waals surface area (Å²) in [5.41, 5.74) is 4.32. The second-order valence-electron chi connectivity index (χ2n) is 7.49. The molecule has 0 aliphatic rings. The van der Waals surface area contributed by atoms with Crippen molar-refractivity contribution in [2.75, 3.05) is 0 Å². The maximum Gasteiger partial charge on any atom is 0.182 e. The molecule has 0 atom stereocenters. The van der Waals surface area contributed by atoms with Crippen molar-refractivity contribution in [1.29, 1.82) is 0 Å². The molecule has 3 heterocycles. The first-order valence-corrected chi connectivity index (χ1v) is 10.8. The predicted octanol–water partition coefficient (Wildman–Crippen LogP) is 5.36. The highest BCUT2D eigenvalue weighted by molar-refractivity contribution is 6.32. The van der Waals surface area contributed by atoms with Gasteiger partial charge in [0.2, 0.25) is 0 Å². The van der Waals surface area contributed by atoms with Crippen LogP contribution in [-0.4, -0.2) is 29.4 Å². The third-order valence-electron chi connectivity index (χ3n) is 5.35. The molecule has 0 radical (unpaired) electrons. The lowest BCUT2D eigenvalue weighted by Gasteiger charge is -2.08. The molecule has 6 rings (SSSR count). The molecule has 0 aliphatic heterocycles. The van der Waals surface area contributed by atoms with Crippen molar-refractivity contribution in [1.82, 2.24) is 29.4 Å². The van der Waals surface area contributed by atoms with Gasteiger partial charge in [0.15, 0.2) is 17.1 Å². The normalized spacial score (nSPS) is 11.3. The average molecular weight is 453 g/mol. The zero-order chi connectivity index (χ0) is 22.2. The number of rotatable bonds is 5. The van der Waals surface area contributed by atoms with E-state index in [4.69, 9.17) is 21.3 Å². The van der Waals surface area contributed by atoms with Gasteiger partial charge in [0.25, 0.3) is 0 Å². The highest BCUT2D eigenvalue weighted by atomic mass is 35.5. The average Bonchev–Trinajstić information content (AvgIpc) is 3.49. The first kappa shape index (κ1) is 19.5. The first-order valence-electron chi connectivity index (χ1n) is 10.4. The molecule has 0 N–H and O–H groups in total. The van der Waals surface area contributed by atoms with Crippen LogP contribution in [0.3, 0.4) is 0 Å². The largest absolute Gasteiger partial charge is 0.487 e. The van der Waals surface area contributed by atoms with Crippen LogP contribution in [0.2, 0.25) is 5.02 Å². The topological polar surface area (TPSA) is 70.1 Å². The fourth-order valence-electron chi connectivity index (χ4n) is 3.67. The summed E-state index contributed by atoms with van der Waals surface area (Å²) in [6.07, 6.45) is 3.44. The Morgan fingerprint density at radius 1 is 0.848 bits per heavy atom. The number of ether oxygens (including phenoxy) is 1. The van der Waals surface area contributed by atoms with Crippen molar-refractivity contribution >= 4 is 28.3 Å². The van der Waals surface area contributed by atoms with Crippen molar-refractivity contribution in [3.63, 3.8) is 0 Å². The Morgan fingerprint density at radius 2 is 1.64 bits per heavy atom. The van der Waals surface area contributed by atoms with Gasteiger partial charge in [0.05, 0.1) is 22.3 Å². The van der Waals surface area contributed by atoms with Crippen molar-refractivity contribution < 1.29 is 4.74 Å². The van der Waals surface area contributed by atoms with Crippen molar-refractivity contribution in [3.8, 4) is 22.8 Å². The second-order valence-corrected chi connectivity index (χ2v) is 7.90. The molecule has 0 saturated carbocycles. The number of aromatic nitrogens is 6. The predicted molar refractivity (Wildman–Crippen MR) is 127 cm³/mol. The lowest BCUT2D eigenvalue weighted by Crippen LogP contribution is -1.98. The van der Waals surface area contributed by atoms with Gasteiger partial charge >= 0.3 is 0 Å². The summed E-state index contributed by atoms with van der Waals surface area (Å²) < 4.78 is 9.31. The van der Waals surface area contributed by atoms with Gasteiger partial charge in [-0.2, -0.15) is 5.10 Å². The Bertz CT molecular complexity index is 1570. The van der Waals surface area contributed by atoms with E-state index in [9.17, 15) is 0 Å². The summed E-state index contributed by atoms with van der Waals surface area (Å²) in [6.45, 7) is 0.422. The molecule has 160 valence electrons. The fraction of sp³-hybridized carbons (Fsp3) is 0.0400. The van der Waals surface area contributed by atoms with Gasteiger partial charge in [-0.15, -0.1) is 5.10 Å². The van der Waals surface area contributed by atoms with Gasteiger partial charge in [-0.05, 0) is 29.8 Å². The molecule has 3 aromatic heterocycles. The smallest absolute Gasteiger partial charge is 0.182 e. The van der Waals surface area contributed by atoms with Gasteiger partial charge in [-0.3, -0.25) is 0 Å². The number of para-hydroxylation sites is 2. The zero-order valence-corrected chi connectivity index (χ0v) is 18.1. The second kappa shape index (κ2) is 8.03. The standard InChI is InChI=1S/C25H17ClN6O/c26-21-8-4-5-9-22(21)33-15-17-10-12-18(13-11-17)23-29-25-20-14-28-32(19-6-2-1-3-7-19)24(20)27-16-31(25)30-23/h1-14,16H,15H2. The van der Waals surface area contributed by atoms with Gasteiger partial charge in [0, 0.05) is 5.56 Å². The molecule has 0 amide bonds. The number of hydrogen-bond donors (Lipinski definition) is 0. The minimum absolute atomic E-state index is 0.422. The van der Waals surface area contributed by atoms with Crippen LogP contribution in [0, 0.1) is 0 Å². The summed E-state index contributed by atoms with van der Waals surface area (Å²) in [5, 5.41) is 10.6. The third kappa shape index (κ3) is 3.58. The van der Waals surface area contributed by atoms with Crippen LogP contribution in [0.15, 0.2) is 91.4 Å². The summed E-state index contributed by atoms with van der Waals surface area (Å²) in [4.78, 5) is 9.32. The molecule has 0 unspecified atom stereocenters. The highest BCUT2D eigenvalue weighted by Crippen LogP contribution is 2.25. The van der Waals surface area contributed by atoms with Crippen LogP contribution in [0.5, 0.6) is 5.75 Å². The molecule has 0 spiro atoms. The third-order valence-corrected chi connectivity index (χ3v) is 5.66. The molecular weight excluding hydrogens is 436 g/mol. The molecule has 0 aliphatic carbocycles. The Hall–Kier alpha value is -4.23. The Balaban J connectivity index is 1.29. The maximum absolute atomic E-state index is 6.16. The van der Waals surface area contributed by atoms with Crippen molar-refractivity contribution in [2.24, 2.45) is 0 Å². The first-order chi connectivity index (χ1) is 16.3. The summed E-state index contributed by atoms with van der Waals surface area (Å²) in [6, 6.07) is 25.3. The monoisotopic (exact) mass is 452 g/mol. The molecule has 0 bridgehead atoms. The van der Waals surface area contributed by atoms with Gasteiger partial charge < -0.3 is 4.74 Å². The molecule has 8 heteroatoms. The van der Waals surface area contributed by atoms with E-state index in [1.165, 1.54) is 0 Å². The van der Waals surface area contributed by atoms with Gasteiger partial charge in [0.1, 0.15) is 18.7 Å². The quantitative estimate of drug-likeness (QED) is 0.352. The van der Waals surface area contributed by atoms with Crippen LogP contribution in [-0.2, 0) is 6.61 Å². The molecular formula is C25H17ClN6O. The zero-order valence-electron chi connectivity index (χ0n) is 17.3. The van der Waals surface area contributed by atoms with Crippen molar-refractivity contribution in [3.05, 3.63) is 102 Å². The fourth-order valence-corrected chi connectivity index (χ4v) is 3.86. The summed E-state index contributed by atoms with van der Waals surface area (Å²) in [5.74, 6) is 1.29. The number of nitrogens with zero attached hydrogens (tertiary/aromatic N) is 6. The summed E-state index contributed by atoms with van der Waals surface area (Å²) >= 11 is 6.16. The van der Waals surface area contributed by atoms with Crippen LogP contribution < -0.4 is 4.74 Å². The van der Waals surface area contributed by atoms with Crippen LogP contribution in [0.25, 0.3) is 33.8 Å². The lowest BCUT2D eigenvalue weighted by molar-refractivity contribution is 0.306. The summed E-state index contributed by atoms with van der Waals surface area (Å²) in [7, 11) is 0. The number of hydrogen-bond acceptors (Lipinski definition) is 5. The van der Waals surface area contributed by atoms with Crippen molar-refractivity contribution in [2.45, 2.75) is 6.61 Å². The van der Waals surface area contributed by atoms with E-state index in [1.54, 1.807) is 21.7 Å². The van der Waals surface area contributed by atoms with Crippen LogP contribution in [0.4, 0.5) is 0 Å². The van der Waals surface area contributed by atoms with Crippen LogP contribution >= 0.6 is 11.6 Å². The molecule has 7 nitrogen and oxygen atoms in total. The number of benzene rings is 3. The maximum atomic E-state index is 6.16. The minimum Gasteiger partial charge on any atom is -0.487 e. The number of fused-ring (bicyclic) bond motifs is 3. The Morgan fingerprint density at radius 3 is 2.45 bits per heavy atom. The van der Waals surface area contributed by atoms with Crippen LogP contribution in [0.1, 0.15) is 5.56 Å². The SMILES string of the molecule is Clc1ccccc1OCc1ccc(-c2nc3c4cnn(-c5ccccc5)c4ncn3n2)cc1. The molecule has 33 heavy (non-hydrogen) atoms. The molecule has 0 fully saturated rings. The molecule has 0 saturated heterocycles. The highest BCUT2D eigenvalue weighted by Gasteiger charge is 2.14. The van der Waals surface area contributed by atoms with Gasteiger partial charge in [-0.1, -0.05) is 66.2 Å². The lowest BCUT2D eigenvalue weighted by atomic mass is 10.1. The van der Waals surface area contributed by atoms with E-state index in [1.807, 2.05) is 78.9 Å². The number of halogens is 1. The minimum atomic E-state index is 0.422. The molecule has 6 aromatic rings. The molecule has 3 aromatic carbocycles. The van der Waals surface area contributed by atoms with E-state index in [-0.39, 0.29) is 0 Å². The van der Waals surface area contributed by atoms with E-state index in [0.717, 1.165) is 27.8 Å². The Labute approximate surface area is 193 Å². The Kier molecular flexibility index (Phi) is 4.74. The van der Waals surface area contributed by atoms with E-state index in [0.29, 0.717) is 28.9 Å².